The molecule has 5 heteroatoms. The molecule has 0 aliphatic carbocycles. The van der Waals surface area contributed by atoms with Crippen LogP contribution >= 0.6 is 24.0 Å². The topological polar surface area (TPSA) is 54.7 Å². The number of fused-ring (bicyclic) bond motifs is 1. The molecule has 1 aromatic carbocycles. The van der Waals surface area contributed by atoms with E-state index >= 15 is 0 Å². The molecule has 0 spiro atoms. The fraction of sp³-hybridized carbons (Fsp3) is 0.222. The fourth-order valence-corrected chi connectivity index (χ4v) is 1.38. The van der Waals surface area contributed by atoms with Gasteiger partial charge in [-0.25, -0.2) is 4.98 Å². The lowest BCUT2D eigenvalue weighted by Crippen LogP contribution is -2.06. The molecule has 0 radical (unpaired) electrons. The van der Waals surface area contributed by atoms with Crippen LogP contribution in [0.1, 0.15) is 18.8 Å². The maximum Gasteiger partial charge on any atom is 0.123 e. The van der Waals surface area contributed by atoms with E-state index in [4.69, 9.17) is 17.3 Å². The van der Waals surface area contributed by atoms with E-state index in [-0.39, 0.29) is 18.4 Å². The third kappa shape index (κ3) is 2.00. The smallest absolute Gasteiger partial charge is 0.123 e. The van der Waals surface area contributed by atoms with Crippen molar-refractivity contribution in [3.05, 3.63) is 29.0 Å². The van der Waals surface area contributed by atoms with E-state index in [9.17, 15) is 0 Å². The minimum atomic E-state index is -0.0776. The summed E-state index contributed by atoms with van der Waals surface area (Å²) in [6.45, 7) is 1.89. The molecule has 1 aromatic heterocycles. The molecule has 0 saturated heterocycles. The molecule has 0 bridgehead atoms. The Labute approximate surface area is 93.1 Å². The molecule has 14 heavy (non-hydrogen) atoms. The Kier molecular flexibility index (Phi) is 3.37. The van der Waals surface area contributed by atoms with Crippen molar-refractivity contribution in [1.82, 2.24) is 9.97 Å². The van der Waals surface area contributed by atoms with Crippen molar-refractivity contribution in [2.45, 2.75) is 13.0 Å². The summed E-state index contributed by atoms with van der Waals surface area (Å²) < 4.78 is 0. The zero-order valence-electron chi connectivity index (χ0n) is 7.62. The first kappa shape index (κ1) is 11.3. The Morgan fingerprint density at radius 3 is 2.86 bits per heavy atom. The second-order valence-corrected chi connectivity index (χ2v) is 3.51. The van der Waals surface area contributed by atoms with E-state index in [2.05, 4.69) is 9.97 Å². The number of nitrogens with two attached hydrogens (primary N) is 1. The van der Waals surface area contributed by atoms with Crippen LogP contribution in [-0.2, 0) is 0 Å². The highest BCUT2D eigenvalue weighted by Gasteiger charge is 2.05. The maximum absolute atomic E-state index is 5.82. The third-order valence-corrected chi connectivity index (χ3v) is 2.13. The lowest BCUT2D eigenvalue weighted by molar-refractivity contribution is 0.760. The number of aromatic amines is 1. The first-order valence-corrected chi connectivity index (χ1v) is 4.45. The Bertz CT molecular complexity index is 437. The number of H-pyrrole nitrogens is 1. The van der Waals surface area contributed by atoms with E-state index in [1.165, 1.54) is 0 Å². The number of halogens is 2. The van der Waals surface area contributed by atoms with Crippen LogP contribution < -0.4 is 5.73 Å². The van der Waals surface area contributed by atoms with Crippen molar-refractivity contribution in [1.29, 1.82) is 0 Å². The summed E-state index contributed by atoms with van der Waals surface area (Å²) >= 11 is 5.82. The van der Waals surface area contributed by atoms with Gasteiger partial charge in [-0.15, -0.1) is 12.4 Å². The lowest BCUT2D eigenvalue weighted by Gasteiger charge is -1.96. The zero-order chi connectivity index (χ0) is 9.42. The average Bonchev–Trinajstić information content (AvgIpc) is 2.46. The number of rotatable bonds is 1. The Hall–Kier alpha value is -0.770. The molecule has 0 aliphatic rings. The maximum atomic E-state index is 5.82. The molecule has 0 saturated carbocycles. The third-order valence-electron chi connectivity index (χ3n) is 1.89. The van der Waals surface area contributed by atoms with E-state index in [0.717, 1.165) is 16.9 Å². The highest BCUT2D eigenvalue weighted by molar-refractivity contribution is 6.31. The van der Waals surface area contributed by atoms with E-state index in [0.29, 0.717) is 5.02 Å². The molecule has 1 heterocycles. The first-order valence-electron chi connectivity index (χ1n) is 4.07. The molecule has 0 fully saturated rings. The summed E-state index contributed by atoms with van der Waals surface area (Å²) in [5, 5.41) is 0.690. The van der Waals surface area contributed by atoms with Crippen LogP contribution in [0, 0.1) is 0 Å². The second-order valence-electron chi connectivity index (χ2n) is 3.07. The van der Waals surface area contributed by atoms with Gasteiger partial charge < -0.3 is 10.7 Å². The largest absolute Gasteiger partial charge is 0.341 e. The normalized spacial score (nSPS) is 12.5. The van der Waals surface area contributed by atoms with Crippen molar-refractivity contribution >= 4 is 35.0 Å². The molecule has 2 aromatic rings. The summed E-state index contributed by atoms with van der Waals surface area (Å²) in [5.41, 5.74) is 7.52. The van der Waals surface area contributed by atoms with Gasteiger partial charge in [0.25, 0.3) is 0 Å². The number of hydrogen-bond donors (Lipinski definition) is 2. The molecule has 0 unspecified atom stereocenters. The lowest BCUT2D eigenvalue weighted by atomic mass is 10.3. The highest BCUT2D eigenvalue weighted by Crippen LogP contribution is 2.18. The predicted molar refractivity (Wildman–Crippen MR) is 61.0 cm³/mol. The molecule has 3 N–H and O–H groups in total. The quantitative estimate of drug-likeness (QED) is 0.794. The van der Waals surface area contributed by atoms with Crippen LogP contribution in [0.15, 0.2) is 18.2 Å². The van der Waals surface area contributed by atoms with Gasteiger partial charge in [0.15, 0.2) is 0 Å². The number of nitrogens with one attached hydrogen (secondary N) is 1. The van der Waals surface area contributed by atoms with E-state index in [1.54, 1.807) is 0 Å². The number of nitrogens with zero attached hydrogens (tertiary/aromatic N) is 1. The molecular weight excluding hydrogens is 221 g/mol. The van der Waals surface area contributed by atoms with Crippen molar-refractivity contribution in [2.24, 2.45) is 5.73 Å². The van der Waals surface area contributed by atoms with E-state index < -0.39 is 0 Å². The van der Waals surface area contributed by atoms with Crippen molar-refractivity contribution in [3.8, 4) is 0 Å². The van der Waals surface area contributed by atoms with Crippen molar-refractivity contribution in [3.63, 3.8) is 0 Å². The molecule has 76 valence electrons. The van der Waals surface area contributed by atoms with Crippen LogP contribution in [0.25, 0.3) is 11.0 Å². The van der Waals surface area contributed by atoms with Crippen LogP contribution in [0.3, 0.4) is 0 Å². The number of benzene rings is 1. The summed E-state index contributed by atoms with van der Waals surface area (Å²) in [5.74, 6) is 0.789. The van der Waals surface area contributed by atoms with Gasteiger partial charge in [-0.1, -0.05) is 11.6 Å². The van der Waals surface area contributed by atoms with Crippen LogP contribution in [0.2, 0.25) is 5.02 Å². The average molecular weight is 232 g/mol. The standard InChI is InChI=1S/C9H10ClN3.ClH/c1-5(11)9-12-7-3-2-6(10)4-8(7)13-9;/h2-5H,11H2,1H3,(H,12,13);1H/t5-;/m0./s1. The molecular formula is C9H11Cl2N3. The molecule has 1 atom stereocenters. The van der Waals surface area contributed by atoms with Crippen LogP contribution in [0.4, 0.5) is 0 Å². The monoisotopic (exact) mass is 231 g/mol. The predicted octanol–water partition coefficient (Wildman–Crippen LogP) is 2.66. The second kappa shape index (κ2) is 4.17. The number of imidazole rings is 1. The molecule has 2 rings (SSSR count). The first-order chi connectivity index (χ1) is 6.16. The van der Waals surface area contributed by atoms with Gasteiger partial charge >= 0.3 is 0 Å². The van der Waals surface area contributed by atoms with Crippen molar-refractivity contribution < 1.29 is 0 Å². The summed E-state index contributed by atoms with van der Waals surface area (Å²) in [4.78, 5) is 7.44. The Balaban J connectivity index is 0.000000980. The minimum absolute atomic E-state index is 0. The SMILES string of the molecule is C[C@H](N)c1nc2cc(Cl)ccc2[nH]1.Cl. The van der Waals surface area contributed by atoms with Gasteiger partial charge in [0.1, 0.15) is 5.82 Å². The summed E-state index contributed by atoms with van der Waals surface area (Å²) in [6.07, 6.45) is 0. The fourth-order valence-electron chi connectivity index (χ4n) is 1.21. The molecule has 0 aliphatic heterocycles. The van der Waals surface area contributed by atoms with Crippen molar-refractivity contribution in [2.75, 3.05) is 0 Å². The van der Waals surface area contributed by atoms with Gasteiger partial charge in [0.05, 0.1) is 17.1 Å². The Morgan fingerprint density at radius 2 is 2.21 bits per heavy atom. The highest BCUT2D eigenvalue weighted by atomic mass is 35.5. The summed E-state index contributed by atoms with van der Waals surface area (Å²) in [6, 6.07) is 5.47. The van der Waals surface area contributed by atoms with Gasteiger partial charge in [-0.05, 0) is 25.1 Å². The summed E-state index contributed by atoms with van der Waals surface area (Å²) in [7, 11) is 0. The number of hydrogen-bond acceptors (Lipinski definition) is 2. The minimum Gasteiger partial charge on any atom is -0.341 e. The van der Waals surface area contributed by atoms with Gasteiger partial charge in [0.2, 0.25) is 0 Å². The molecule has 3 nitrogen and oxygen atoms in total. The van der Waals surface area contributed by atoms with E-state index in [1.807, 2.05) is 25.1 Å². The van der Waals surface area contributed by atoms with Gasteiger partial charge in [-0.3, -0.25) is 0 Å². The van der Waals surface area contributed by atoms with Crippen LogP contribution in [-0.4, -0.2) is 9.97 Å². The van der Waals surface area contributed by atoms with Gasteiger partial charge in [-0.2, -0.15) is 0 Å². The van der Waals surface area contributed by atoms with Gasteiger partial charge in [0, 0.05) is 5.02 Å². The van der Waals surface area contributed by atoms with Crippen LogP contribution in [0.5, 0.6) is 0 Å². The Morgan fingerprint density at radius 1 is 1.50 bits per heavy atom. The molecule has 0 amide bonds. The zero-order valence-corrected chi connectivity index (χ0v) is 9.19. The number of aromatic nitrogens is 2.